The third-order valence-corrected chi connectivity index (χ3v) is 8.20. The van der Waals surface area contributed by atoms with E-state index in [0.29, 0.717) is 5.92 Å². The first-order valence-corrected chi connectivity index (χ1v) is 12.4. The van der Waals surface area contributed by atoms with E-state index >= 15 is 0 Å². The summed E-state index contributed by atoms with van der Waals surface area (Å²) in [5, 5.41) is 2.74. The maximum atomic E-state index is 2.39. The van der Waals surface area contributed by atoms with Crippen LogP contribution in [0, 0.1) is 20.8 Å². The molecule has 0 spiro atoms. The first-order chi connectivity index (χ1) is 15.5. The lowest BCUT2D eigenvalue weighted by Crippen LogP contribution is -2.03. The van der Waals surface area contributed by atoms with Crippen molar-refractivity contribution in [2.75, 3.05) is 0 Å². The number of aryl methyl sites for hydroxylation is 3. The number of hydrogen-bond donors (Lipinski definition) is 0. The molecule has 1 heterocycles. The van der Waals surface area contributed by atoms with Crippen LogP contribution in [0.3, 0.4) is 0 Å². The topological polar surface area (TPSA) is 0 Å². The van der Waals surface area contributed by atoms with Crippen LogP contribution in [-0.2, 0) is 0 Å². The molecule has 0 saturated carbocycles. The Morgan fingerprint density at radius 3 is 2.12 bits per heavy atom. The number of thiophene rings is 1. The zero-order valence-electron chi connectivity index (χ0n) is 19.6. The van der Waals surface area contributed by atoms with Gasteiger partial charge in [-0.1, -0.05) is 80.6 Å². The monoisotopic (exact) mass is 434 g/mol. The summed E-state index contributed by atoms with van der Waals surface area (Å²) in [4.78, 5) is 0. The Balaban J connectivity index is 1.91. The maximum Gasteiger partial charge on any atom is 0.0436 e. The predicted molar refractivity (Wildman–Crippen MR) is 143 cm³/mol. The SMILES string of the molecule is CCC(C)c1c(-c2c(C)ccc3c2sc2ccccc23)ccc(C)c1-c1ccccc1C. The van der Waals surface area contributed by atoms with Gasteiger partial charge < -0.3 is 0 Å². The number of hydrogen-bond acceptors (Lipinski definition) is 1. The second kappa shape index (κ2) is 8.22. The van der Waals surface area contributed by atoms with Crippen LogP contribution in [0.4, 0.5) is 0 Å². The zero-order valence-corrected chi connectivity index (χ0v) is 20.4. The molecule has 0 radical (unpaired) electrons. The average Bonchev–Trinajstić information content (AvgIpc) is 3.18. The summed E-state index contributed by atoms with van der Waals surface area (Å²) in [6, 6.07) is 27.0. The summed E-state index contributed by atoms with van der Waals surface area (Å²) in [7, 11) is 0. The fraction of sp³-hybridized carbons (Fsp3) is 0.226. The molecular formula is C31H30S. The summed E-state index contributed by atoms with van der Waals surface area (Å²) in [5.41, 5.74) is 11.2. The van der Waals surface area contributed by atoms with Crippen molar-refractivity contribution >= 4 is 31.5 Å². The highest BCUT2D eigenvalue weighted by molar-refractivity contribution is 7.26. The van der Waals surface area contributed by atoms with Crippen LogP contribution < -0.4 is 0 Å². The molecule has 0 aliphatic carbocycles. The van der Waals surface area contributed by atoms with E-state index < -0.39 is 0 Å². The highest BCUT2D eigenvalue weighted by atomic mass is 32.1. The molecule has 0 bridgehead atoms. The van der Waals surface area contributed by atoms with Crippen LogP contribution in [0.5, 0.6) is 0 Å². The molecule has 0 fully saturated rings. The first kappa shape index (κ1) is 21.0. The molecule has 0 saturated heterocycles. The predicted octanol–water partition coefficient (Wildman–Crippen LogP) is 9.83. The molecule has 0 nitrogen and oxygen atoms in total. The van der Waals surface area contributed by atoms with Crippen molar-refractivity contribution in [1.29, 1.82) is 0 Å². The van der Waals surface area contributed by atoms with E-state index in [0.717, 1.165) is 6.42 Å². The first-order valence-electron chi connectivity index (χ1n) is 11.6. The Morgan fingerprint density at radius 1 is 0.656 bits per heavy atom. The van der Waals surface area contributed by atoms with Crippen LogP contribution in [0.1, 0.15) is 48.4 Å². The number of rotatable bonds is 4. The van der Waals surface area contributed by atoms with Crippen molar-refractivity contribution < 1.29 is 0 Å². The normalized spacial score (nSPS) is 12.5. The Bertz CT molecular complexity index is 1450. The van der Waals surface area contributed by atoms with Crippen LogP contribution in [0.2, 0.25) is 0 Å². The Labute approximate surface area is 195 Å². The summed E-state index contributed by atoms with van der Waals surface area (Å²) < 4.78 is 2.78. The van der Waals surface area contributed by atoms with E-state index in [-0.39, 0.29) is 0 Å². The highest BCUT2D eigenvalue weighted by Crippen LogP contribution is 2.47. The largest absolute Gasteiger partial charge is 0.135 e. The summed E-state index contributed by atoms with van der Waals surface area (Å²) in [5.74, 6) is 0.476. The van der Waals surface area contributed by atoms with Crippen LogP contribution >= 0.6 is 11.3 Å². The molecule has 1 heteroatoms. The third kappa shape index (κ3) is 3.27. The second-order valence-electron chi connectivity index (χ2n) is 9.08. The molecule has 1 unspecified atom stereocenters. The minimum absolute atomic E-state index is 0.476. The molecule has 1 aromatic heterocycles. The van der Waals surface area contributed by atoms with Gasteiger partial charge in [0.2, 0.25) is 0 Å². The fourth-order valence-corrected chi connectivity index (χ4v) is 6.41. The van der Waals surface area contributed by atoms with Gasteiger partial charge in [-0.05, 0) is 78.1 Å². The molecule has 1 atom stereocenters. The van der Waals surface area contributed by atoms with Crippen LogP contribution in [0.25, 0.3) is 42.4 Å². The number of fused-ring (bicyclic) bond motifs is 3. The van der Waals surface area contributed by atoms with E-state index in [1.54, 1.807) is 0 Å². The van der Waals surface area contributed by atoms with E-state index in [9.17, 15) is 0 Å². The van der Waals surface area contributed by atoms with Crippen LogP contribution in [0.15, 0.2) is 72.8 Å². The number of benzene rings is 4. The molecule has 0 aliphatic heterocycles. The molecule has 5 rings (SSSR count). The quantitative estimate of drug-likeness (QED) is 0.264. The standard InChI is InChI=1S/C31H30S/c1-6-19(2)28-26(18-16-21(4)29(28)23-12-8-7-11-20(23)3)30-22(5)15-17-25-24-13-9-10-14-27(24)32-31(25)30/h7-19H,6H2,1-5H3. The smallest absolute Gasteiger partial charge is 0.0436 e. The van der Waals surface area contributed by atoms with Gasteiger partial charge in [-0.3, -0.25) is 0 Å². The van der Waals surface area contributed by atoms with E-state index in [1.165, 1.54) is 64.7 Å². The van der Waals surface area contributed by atoms with Crippen molar-refractivity contribution in [3.8, 4) is 22.3 Å². The van der Waals surface area contributed by atoms with E-state index in [1.807, 2.05) is 11.3 Å². The van der Waals surface area contributed by atoms with E-state index in [4.69, 9.17) is 0 Å². The van der Waals surface area contributed by atoms with Gasteiger partial charge in [-0.2, -0.15) is 0 Å². The van der Waals surface area contributed by atoms with Gasteiger partial charge in [0, 0.05) is 25.7 Å². The maximum absolute atomic E-state index is 2.39. The fourth-order valence-electron chi connectivity index (χ4n) is 5.10. The van der Waals surface area contributed by atoms with E-state index in [2.05, 4.69) is 107 Å². The Morgan fingerprint density at radius 2 is 1.34 bits per heavy atom. The van der Waals surface area contributed by atoms with Gasteiger partial charge in [-0.25, -0.2) is 0 Å². The minimum atomic E-state index is 0.476. The van der Waals surface area contributed by atoms with Crippen molar-refractivity contribution in [2.45, 2.75) is 47.0 Å². The van der Waals surface area contributed by atoms with Crippen molar-refractivity contribution in [3.63, 3.8) is 0 Å². The van der Waals surface area contributed by atoms with Crippen molar-refractivity contribution in [2.24, 2.45) is 0 Å². The van der Waals surface area contributed by atoms with Crippen LogP contribution in [-0.4, -0.2) is 0 Å². The van der Waals surface area contributed by atoms with Gasteiger partial charge in [0.15, 0.2) is 0 Å². The van der Waals surface area contributed by atoms with Gasteiger partial charge in [0.05, 0.1) is 0 Å². The molecule has 0 N–H and O–H groups in total. The highest BCUT2D eigenvalue weighted by Gasteiger charge is 2.22. The lowest BCUT2D eigenvalue weighted by atomic mass is 9.80. The summed E-state index contributed by atoms with van der Waals surface area (Å²) >= 11 is 1.93. The molecule has 4 aromatic carbocycles. The lowest BCUT2D eigenvalue weighted by Gasteiger charge is -2.24. The Kier molecular flexibility index (Phi) is 5.39. The molecular weight excluding hydrogens is 404 g/mol. The van der Waals surface area contributed by atoms with Crippen molar-refractivity contribution in [1.82, 2.24) is 0 Å². The van der Waals surface area contributed by atoms with Gasteiger partial charge in [0.25, 0.3) is 0 Å². The lowest BCUT2D eigenvalue weighted by molar-refractivity contribution is 0.736. The van der Waals surface area contributed by atoms with Crippen molar-refractivity contribution in [3.05, 3.63) is 95.1 Å². The minimum Gasteiger partial charge on any atom is -0.135 e. The second-order valence-corrected chi connectivity index (χ2v) is 10.1. The third-order valence-electron chi connectivity index (χ3n) is 7.00. The van der Waals surface area contributed by atoms with Gasteiger partial charge in [0.1, 0.15) is 0 Å². The summed E-state index contributed by atoms with van der Waals surface area (Å²) in [6.07, 6.45) is 1.12. The molecule has 32 heavy (non-hydrogen) atoms. The molecule has 160 valence electrons. The summed E-state index contributed by atoms with van der Waals surface area (Å²) in [6.45, 7) is 11.5. The molecule has 0 amide bonds. The molecule has 0 aliphatic rings. The van der Waals surface area contributed by atoms with Gasteiger partial charge in [-0.15, -0.1) is 11.3 Å². The average molecular weight is 435 g/mol. The molecule has 5 aromatic rings. The Hall–Kier alpha value is -2.90. The van der Waals surface area contributed by atoms with Gasteiger partial charge >= 0.3 is 0 Å². The zero-order chi connectivity index (χ0) is 22.4.